The minimum Gasteiger partial charge on any atom is -2.00 e. The van der Waals surface area contributed by atoms with E-state index in [-0.39, 0.29) is 80.9 Å². The van der Waals surface area contributed by atoms with Gasteiger partial charge in [-0.15, -0.1) is 0 Å². The molecule has 0 atom stereocenters. The Kier molecular flexibility index (Phi) is 135. The topological polar surface area (TPSA) is 0 Å². The Morgan fingerprint density at radius 2 is 0.750 bits per heavy atom. The molecule has 0 rings (SSSR count). The van der Waals surface area contributed by atoms with Crippen LogP contribution in [0.1, 0.15) is 0 Å². The van der Waals surface area contributed by atoms with Crippen molar-refractivity contribution in [2.24, 2.45) is 0 Å². The number of rotatable bonds is 0. The number of hydrogen-bond acceptors (Lipinski definition) is 0. The predicted octanol–water partition coefficient (Wildman–Crippen LogP) is -0.767. The molecule has 0 amide bonds. The van der Waals surface area contributed by atoms with Gasteiger partial charge in [0.2, 0.25) is 0 Å². The van der Waals surface area contributed by atoms with Gasteiger partial charge in [0.25, 0.3) is 0 Å². The van der Waals surface area contributed by atoms with Crippen molar-refractivity contribution in [2.45, 2.75) is 0 Å². The van der Waals surface area contributed by atoms with Crippen LogP contribution in [-0.4, -0.2) is 34.1 Å². The molecule has 0 aromatic heterocycles. The standard InChI is InChI=1S/Cd.2Se.Zn/q+2;2*-2;+2. The van der Waals surface area contributed by atoms with E-state index in [9.17, 15) is 0 Å². The number of hydrogen-bond donors (Lipinski definition) is 0. The summed E-state index contributed by atoms with van der Waals surface area (Å²) in [6.07, 6.45) is 0. The van der Waals surface area contributed by atoms with Gasteiger partial charge in [-0.1, -0.05) is 0 Å². The van der Waals surface area contributed by atoms with Crippen LogP contribution in [0.5, 0.6) is 0 Å². The molecule has 0 aromatic carbocycles. The van der Waals surface area contributed by atoms with E-state index in [2.05, 4.69) is 0 Å². The zero-order chi connectivity index (χ0) is 0. The second-order valence-corrected chi connectivity index (χ2v) is 0. The molecule has 0 bridgehead atoms. The first-order chi connectivity index (χ1) is 0. The molecule has 0 nitrogen and oxygen atoms in total. The van der Waals surface area contributed by atoms with Crippen molar-refractivity contribution in [3.05, 3.63) is 0 Å². The molecule has 0 aliphatic rings. The first-order valence-electron chi connectivity index (χ1n) is 0. The molecule has 0 N–H and O–H groups in total. The molecule has 0 radical (unpaired) electrons. The maximum atomic E-state index is 0. The van der Waals surface area contributed by atoms with Crippen LogP contribution in [0.4, 0.5) is 0 Å². The van der Waals surface area contributed by atoms with E-state index in [4.69, 9.17) is 0 Å². The average molecular weight is 336 g/mol. The van der Waals surface area contributed by atoms with E-state index in [1.165, 1.54) is 0 Å². The Balaban J connectivity index is 0. The molecule has 0 saturated heterocycles. The smallest absolute Gasteiger partial charge is 2.00 e. The molecule has 0 aliphatic heterocycles. The second kappa shape index (κ2) is 17.6. The van der Waals surface area contributed by atoms with E-state index in [1.807, 2.05) is 0 Å². The monoisotopic (exact) mass is 338 g/mol. The maximum absolute atomic E-state index is 0. The molecule has 0 aromatic rings. The van der Waals surface area contributed by atoms with Gasteiger partial charge in [0, 0.05) is 0 Å². The van der Waals surface area contributed by atoms with Gasteiger partial charge in [-0.25, -0.2) is 0 Å². The third-order valence-electron chi connectivity index (χ3n) is 0. The van der Waals surface area contributed by atoms with Crippen LogP contribution in [0.15, 0.2) is 0 Å². The molecule has 0 fully saturated rings. The van der Waals surface area contributed by atoms with Crippen molar-refractivity contribution < 1.29 is 46.8 Å². The Morgan fingerprint density at radius 3 is 0.750 bits per heavy atom. The van der Waals surface area contributed by atoms with Crippen LogP contribution in [0.25, 0.3) is 0 Å². The second-order valence-electron chi connectivity index (χ2n) is 0. The fraction of sp³-hybridized carbons (Fsp3) is 0. The summed E-state index contributed by atoms with van der Waals surface area (Å²) in [5.74, 6) is 0. The molecular weight excluding hydrogens is 336 g/mol. The third-order valence-corrected chi connectivity index (χ3v) is 0. The SMILES string of the molecule is [Cd+2].[Se-2].[Se-2].[Zn+2]. The molecule has 0 aliphatic carbocycles. The summed E-state index contributed by atoms with van der Waals surface area (Å²) in [6.45, 7) is 0. The largest absolute Gasteiger partial charge is 2.00 e. The van der Waals surface area contributed by atoms with E-state index in [0.717, 1.165) is 0 Å². The minimum atomic E-state index is 0. The summed E-state index contributed by atoms with van der Waals surface area (Å²) in [7, 11) is 0. The van der Waals surface area contributed by atoms with Gasteiger partial charge < -0.3 is 34.1 Å². The summed E-state index contributed by atoms with van der Waals surface area (Å²) in [5, 5.41) is 0. The van der Waals surface area contributed by atoms with Crippen LogP contribution in [0.2, 0.25) is 0 Å². The van der Waals surface area contributed by atoms with Crippen molar-refractivity contribution in [3.63, 3.8) is 0 Å². The minimum absolute atomic E-state index is 0. The van der Waals surface area contributed by atoms with E-state index in [0.29, 0.717) is 0 Å². The first-order valence-corrected chi connectivity index (χ1v) is 0. The van der Waals surface area contributed by atoms with Crippen LogP contribution in [-0.2, 0) is 46.8 Å². The van der Waals surface area contributed by atoms with Crippen molar-refractivity contribution in [1.29, 1.82) is 0 Å². The summed E-state index contributed by atoms with van der Waals surface area (Å²) in [5.41, 5.74) is 0. The van der Waals surface area contributed by atoms with Crippen molar-refractivity contribution in [2.75, 3.05) is 0 Å². The molecule has 0 saturated carbocycles. The quantitative estimate of drug-likeness (QED) is 0.510. The fourth-order valence-electron chi connectivity index (χ4n) is 0. The van der Waals surface area contributed by atoms with Crippen molar-refractivity contribution in [1.82, 2.24) is 0 Å². The van der Waals surface area contributed by atoms with Gasteiger partial charge >= 0.3 is 46.8 Å². The van der Waals surface area contributed by atoms with Crippen LogP contribution in [0.3, 0.4) is 0 Å². The Bertz CT molecular complexity index is 6.00. The van der Waals surface area contributed by atoms with E-state index in [1.54, 1.807) is 0 Å². The van der Waals surface area contributed by atoms with Crippen LogP contribution < -0.4 is 0 Å². The van der Waals surface area contributed by atoms with Crippen LogP contribution >= 0.6 is 0 Å². The summed E-state index contributed by atoms with van der Waals surface area (Å²) < 4.78 is 0. The summed E-state index contributed by atoms with van der Waals surface area (Å²) in [6, 6.07) is 0. The van der Waals surface area contributed by atoms with Gasteiger partial charge in [0.1, 0.15) is 0 Å². The Hall–Kier alpha value is 2.58. The predicted molar refractivity (Wildman–Crippen MR) is 11.5 cm³/mol. The molecule has 0 unspecified atom stereocenters. The normalized spacial score (nSPS) is 0. The van der Waals surface area contributed by atoms with E-state index < -0.39 is 0 Å². The molecule has 4 heteroatoms. The fourth-order valence-corrected chi connectivity index (χ4v) is 0. The average Bonchev–Trinajstić information content (AvgIpc) is 0. The van der Waals surface area contributed by atoms with E-state index >= 15 is 0 Å². The molecule has 0 spiro atoms. The molecule has 16 valence electrons. The van der Waals surface area contributed by atoms with Gasteiger partial charge in [-0.05, 0) is 0 Å². The Morgan fingerprint density at radius 1 is 0.750 bits per heavy atom. The van der Waals surface area contributed by atoms with Crippen molar-refractivity contribution >= 4 is 34.1 Å². The molecular formula is CdSe2Zn. The van der Waals surface area contributed by atoms with Gasteiger partial charge in [0.05, 0.1) is 0 Å². The zero-order valence-electron chi connectivity index (χ0n) is 2.23. The Labute approximate surface area is 79.7 Å². The van der Waals surface area contributed by atoms with Gasteiger partial charge in [-0.3, -0.25) is 0 Å². The maximum Gasteiger partial charge on any atom is 2.00 e. The van der Waals surface area contributed by atoms with Gasteiger partial charge in [0.15, 0.2) is 0 Å². The summed E-state index contributed by atoms with van der Waals surface area (Å²) in [4.78, 5) is 0. The molecule has 0 heterocycles. The van der Waals surface area contributed by atoms with Crippen LogP contribution in [0, 0.1) is 0 Å². The van der Waals surface area contributed by atoms with Crippen molar-refractivity contribution in [3.8, 4) is 0 Å². The first kappa shape index (κ1) is 30.7. The summed E-state index contributed by atoms with van der Waals surface area (Å²) >= 11 is 0. The third kappa shape index (κ3) is 8.82. The zero-order valence-corrected chi connectivity index (χ0v) is 12.7. The van der Waals surface area contributed by atoms with Gasteiger partial charge in [-0.2, -0.15) is 0 Å². The molecule has 4 heavy (non-hydrogen) atoms.